The molecule has 0 aliphatic carbocycles. The van der Waals surface area contributed by atoms with Gasteiger partial charge < -0.3 is 9.84 Å². The molecule has 2 aromatic carbocycles. The first-order valence-electron chi connectivity index (χ1n) is 11.3. The van der Waals surface area contributed by atoms with Gasteiger partial charge in [0, 0.05) is 13.3 Å². The molecule has 2 fully saturated rings. The molecular weight excluding hydrogens is 456 g/mol. The molecule has 0 saturated carbocycles. The van der Waals surface area contributed by atoms with Crippen molar-refractivity contribution in [1.29, 1.82) is 0 Å². The predicted molar refractivity (Wildman–Crippen MR) is 118 cm³/mol. The third-order valence-corrected chi connectivity index (χ3v) is 6.58. The normalized spacial score (nSPS) is 29.5. The van der Waals surface area contributed by atoms with E-state index >= 15 is 0 Å². The van der Waals surface area contributed by atoms with Crippen molar-refractivity contribution in [3.8, 4) is 0 Å². The van der Waals surface area contributed by atoms with Crippen LogP contribution in [0.3, 0.4) is 0 Å². The Labute approximate surface area is 201 Å². The highest BCUT2D eigenvalue weighted by atomic mass is 16.9. The highest BCUT2D eigenvalue weighted by Crippen LogP contribution is 2.49. The summed E-state index contributed by atoms with van der Waals surface area (Å²) >= 11 is 0. The van der Waals surface area contributed by atoms with Crippen LogP contribution in [0.1, 0.15) is 46.5 Å². The zero-order valence-electron chi connectivity index (χ0n) is 19.2. The molecule has 3 amide bonds. The second kappa shape index (κ2) is 8.26. The second-order valence-corrected chi connectivity index (χ2v) is 8.71. The van der Waals surface area contributed by atoms with Crippen LogP contribution in [-0.2, 0) is 30.4 Å². The maximum absolute atomic E-state index is 13.2. The first-order chi connectivity index (χ1) is 16.8. The van der Waals surface area contributed by atoms with Crippen molar-refractivity contribution in [2.75, 3.05) is 6.61 Å². The molecule has 10 heteroatoms. The number of likely N-dealkylation sites (tertiary alicyclic amines) is 1. The number of hydrogen-bond donors (Lipinski definition) is 1. The number of aliphatic hydroxyl groups is 1. The number of carbonyl (C=O) groups excluding carboxylic acids is 4. The summed E-state index contributed by atoms with van der Waals surface area (Å²) in [6.07, 6.45) is 0.131. The Balaban J connectivity index is 1.30. The number of esters is 1. The van der Waals surface area contributed by atoms with Crippen molar-refractivity contribution in [1.82, 2.24) is 9.80 Å². The average molecular weight is 480 g/mol. The fourth-order valence-electron chi connectivity index (χ4n) is 4.84. The van der Waals surface area contributed by atoms with Crippen molar-refractivity contribution in [2.24, 2.45) is 0 Å². The minimum Gasteiger partial charge on any atom is -0.457 e. The smallest absolute Gasteiger partial charge is 0.367 e. The predicted octanol–water partition coefficient (Wildman–Crippen LogP) is 1.42. The molecule has 182 valence electrons. The van der Waals surface area contributed by atoms with Crippen LogP contribution in [0.4, 0.5) is 0 Å². The standard InChI is InChI=1S/C25H24N2O8/c1-3-25(34-24(2,35-25)23(32)33-14-15-9-5-4-6-10-15)27-18(13-28)19(22(27)31)26-20(29)16-11-7-8-12-17(16)21(26)30/h4-12,18-19,28H,3,13-14H2,1-2H3/t18-,19+,24?,25?/m1/s1. The van der Waals surface area contributed by atoms with Crippen LogP contribution in [0.5, 0.6) is 0 Å². The van der Waals surface area contributed by atoms with E-state index in [9.17, 15) is 24.3 Å². The highest BCUT2D eigenvalue weighted by Gasteiger charge is 2.70. The topological polar surface area (TPSA) is 123 Å². The minimum absolute atomic E-state index is 0.0187. The maximum Gasteiger partial charge on any atom is 0.367 e. The number of carbonyl (C=O) groups is 4. The van der Waals surface area contributed by atoms with Gasteiger partial charge in [0.25, 0.3) is 29.4 Å². The van der Waals surface area contributed by atoms with Gasteiger partial charge in [-0.1, -0.05) is 49.4 Å². The summed E-state index contributed by atoms with van der Waals surface area (Å²) in [7, 11) is 0. The van der Waals surface area contributed by atoms with Gasteiger partial charge >= 0.3 is 5.97 Å². The third-order valence-electron chi connectivity index (χ3n) is 6.58. The SMILES string of the molecule is CCC1(N2C(=O)[C@@H](N3C(=O)c4ccccc4C3=O)[C@H]2CO)OC(C)(C(=O)OCc2ccccc2)O1. The summed E-state index contributed by atoms with van der Waals surface area (Å²) < 4.78 is 17.0. The van der Waals surface area contributed by atoms with Crippen LogP contribution in [0.25, 0.3) is 0 Å². The summed E-state index contributed by atoms with van der Waals surface area (Å²) in [5.41, 5.74) is 1.19. The van der Waals surface area contributed by atoms with Gasteiger partial charge in [-0.2, -0.15) is 0 Å². The quantitative estimate of drug-likeness (QED) is 0.359. The summed E-state index contributed by atoms with van der Waals surface area (Å²) in [5, 5.41) is 10.1. The van der Waals surface area contributed by atoms with Gasteiger partial charge in [0.05, 0.1) is 23.8 Å². The second-order valence-electron chi connectivity index (χ2n) is 8.71. The Bertz CT molecular complexity index is 1170. The molecule has 2 atom stereocenters. The zero-order valence-corrected chi connectivity index (χ0v) is 19.2. The Morgan fingerprint density at radius 3 is 2.11 bits per heavy atom. The Morgan fingerprint density at radius 1 is 1.00 bits per heavy atom. The molecule has 2 aromatic rings. The van der Waals surface area contributed by atoms with Crippen molar-refractivity contribution >= 4 is 23.7 Å². The number of hydrogen-bond acceptors (Lipinski definition) is 8. The number of benzene rings is 2. The maximum atomic E-state index is 13.2. The van der Waals surface area contributed by atoms with Crippen molar-refractivity contribution < 1.29 is 38.5 Å². The molecule has 5 rings (SSSR count). The number of β-lactam (4-membered cyclic amide) rings is 1. The van der Waals surface area contributed by atoms with Crippen molar-refractivity contribution in [3.05, 3.63) is 71.3 Å². The summed E-state index contributed by atoms with van der Waals surface area (Å²) in [6.45, 7) is 2.54. The van der Waals surface area contributed by atoms with E-state index in [-0.39, 0.29) is 24.2 Å². The molecule has 35 heavy (non-hydrogen) atoms. The Kier molecular flexibility index (Phi) is 5.47. The molecule has 0 bridgehead atoms. The average Bonchev–Trinajstić information content (AvgIpc) is 3.10. The minimum atomic E-state index is -1.76. The molecule has 2 saturated heterocycles. The monoisotopic (exact) mass is 480 g/mol. The van der Waals surface area contributed by atoms with Crippen molar-refractivity contribution in [3.63, 3.8) is 0 Å². The molecular formula is C25H24N2O8. The van der Waals surface area contributed by atoms with Crippen LogP contribution < -0.4 is 0 Å². The fourth-order valence-corrected chi connectivity index (χ4v) is 4.84. The molecule has 1 N–H and O–H groups in total. The van der Waals surface area contributed by atoms with Gasteiger partial charge in [0.15, 0.2) is 0 Å². The molecule has 0 unspecified atom stereocenters. The van der Waals surface area contributed by atoms with Gasteiger partial charge in [-0.05, 0) is 17.7 Å². The van der Waals surface area contributed by atoms with Crippen LogP contribution in [0.15, 0.2) is 54.6 Å². The number of nitrogens with zero attached hydrogens (tertiary/aromatic N) is 2. The van der Waals surface area contributed by atoms with Gasteiger partial charge in [0.1, 0.15) is 12.6 Å². The number of rotatable bonds is 7. The Hall–Kier alpha value is -3.60. The largest absolute Gasteiger partial charge is 0.457 e. The highest BCUT2D eigenvalue weighted by molar-refractivity contribution is 6.23. The molecule has 0 radical (unpaired) electrons. The lowest BCUT2D eigenvalue weighted by Crippen LogP contribution is -2.84. The summed E-state index contributed by atoms with van der Waals surface area (Å²) in [6, 6.07) is 13.2. The number of ether oxygens (including phenoxy) is 3. The molecule has 0 aromatic heterocycles. The van der Waals surface area contributed by atoms with Crippen LogP contribution in [0, 0.1) is 0 Å². The van der Waals surface area contributed by atoms with Crippen LogP contribution >= 0.6 is 0 Å². The zero-order chi connectivity index (χ0) is 25.0. The molecule has 3 aliphatic rings. The lowest BCUT2D eigenvalue weighted by molar-refractivity contribution is -0.533. The number of imide groups is 1. The van der Waals surface area contributed by atoms with E-state index < -0.39 is 54.1 Å². The van der Waals surface area contributed by atoms with E-state index in [1.165, 1.54) is 19.1 Å². The van der Waals surface area contributed by atoms with E-state index in [1.807, 2.05) is 18.2 Å². The Morgan fingerprint density at radius 2 is 1.57 bits per heavy atom. The van der Waals surface area contributed by atoms with Crippen LogP contribution in [-0.4, -0.2) is 69.0 Å². The van der Waals surface area contributed by atoms with Gasteiger partial charge in [-0.3, -0.25) is 33.7 Å². The lowest BCUT2D eigenvalue weighted by atomic mass is 9.91. The van der Waals surface area contributed by atoms with E-state index in [4.69, 9.17) is 14.2 Å². The molecule has 3 heterocycles. The van der Waals surface area contributed by atoms with Crippen LogP contribution in [0.2, 0.25) is 0 Å². The number of aliphatic hydroxyl groups excluding tert-OH is 1. The van der Waals surface area contributed by atoms with E-state index in [2.05, 4.69) is 0 Å². The molecule has 10 nitrogen and oxygen atoms in total. The summed E-state index contributed by atoms with van der Waals surface area (Å²) in [5.74, 6) is -5.99. The van der Waals surface area contributed by atoms with Gasteiger partial charge in [0.2, 0.25) is 0 Å². The first-order valence-corrected chi connectivity index (χ1v) is 11.3. The van der Waals surface area contributed by atoms with E-state index in [0.717, 1.165) is 15.4 Å². The molecule has 0 spiro atoms. The van der Waals surface area contributed by atoms with Crippen molar-refractivity contribution in [2.45, 2.75) is 50.7 Å². The third kappa shape index (κ3) is 3.36. The van der Waals surface area contributed by atoms with Gasteiger partial charge in [-0.25, -0.2) is 4.79 Å². The summed E-state index contributed by atoms with van der Waals surface area (Å²) in [4.78, 5) is 53.6. The van der Waals surface area contributed by atoms with E-state index in [0.29, 0.717) is 0 Å². The molecule has 3 aliphatic heterocycles. The fraction of sp³-hybridized carbons (Fsp3) is 0.360. The number of amides is 3. The first kappa shape index (κ1) is 23.2. The lowest BCUT2D eigenvalue weighted by Gasteiger charge is -2.62. The van der Waals surface area contributed by atoms with E-state index in [1.54, 1.807) is 31.2 Å². The number of fused-ring (bicyclic) bond motifs is 1. The van der Waals surface area contributed by atoms with Gasteiger partial charge in [-0.15, -0.1) is 0 Å².